The molecule has 0 spiro atoms. The minimum absolute atomic E-state index is 0.0547. The maximum Gasteiger partial charge on any atom is 0.408 e. The van der Waals surface area contributed by atoms with Gasteiger partial charge >= 0.3 is 6.09 Å². The number of carbonyl (C=O) groups is 1. The smallest absolute Gasteiger partial charge is 0.408 e. The third kappa shape index (κ3) is 7.64. The summed E-state index contributed by atoms with van der Waals surface area (Å²) in [5.41, 5.74) is 2.35. The summed E-state index contributed by atoms with van der Waals surface area (Å²) in [6.45, 7) is 3.76. The fourth-order valence-electron chi connectivity index (χ4n) is 6.86. The summed E-state index contributed by atoms with van der Waals surface area (Å²) in [4.78, 5) is 29.8. The van der Waals surface area contributed by atoms with Gasteiger partial charge in [-0.25, -0.2) is 4.79 Å². The van der Waals surface area contributed by atoms with Crippen molar-refractivity contribution in [2.75, 3.05) is 26.2 Å². The average Bonchev–Trinajstić information content (AvgIpc) is 3.58. The van der Waals surface area contributed by atoms with Gasteiger partial charge < -0.3 is 39.7 Å². The molecule has 11 heteroatoms. The first kappa shape index (κ1) is 32.4. The van der Waals surface area contributed by atoms with Gasteiger partial charge in [-0.05, 0) is 84.9 Å². The lowest BCUT2D eigenvalue weighted by Gasteiger charge is -2.43. The normalized spacial score (nSPS) is 19.7. The number of nitrogens with one attached hydrogen (secondary N) is 3. The number of benzene rings is 3. The summed E-state index contributed by atoms with van der Waals surface area (Å²) >= 11 is 0. The number of hydrogen-bond acceptors (Lipinski definition) is 9. The predicted molar refractivity (Wildman–Crippen MR) is 183 cm³/mol. The molecule has 2 aromatic heterocycles. The molecule has 2 bridgehead atoms. The highest BCUT2D eigenvalue weighted by atomic mass is 16.6. The van der Waals surface area contributed by atoms with E-state index >= 15 is 0 Å². The number of amides is 1. The van der Waals surface area contributed by atoms with Crippen molar-refractivity contribution in [1.29, 1.82) is 0 Å². The van der Waals surface area contributed by atoms with Crippen LogP contribution in [-0.2, 0) is 17.9 Å². The van der Waals surface area contributed by atoms with Gasteiger partial charge in [0.1, 0.15) is 35.7 Å². The number of carbonyl (C=O) groups excluding carboxylic acids is 1. The summed E-state index contributed by atoms with van der Waals surface area (Å²) < 4.78 is 18.0. The largest absolute Gasteiger partial charge is 0.506 e. The van der Waals surface area contributed by atoms with E-state index in [-0.39, 0.29) is 30.6 Å². The van der Waals surface area contributed by atoms with E-state index in [0.717, 1.165) is 43.6 Å². The maximum atomic E-state index is 13.2. The molecule has 11 nitrogen and oxygen atoms in total. The van der Waals surface area contributed by atoms with Gasteiger partial charge in [-0.1, -0.05) is 48.5 Å². The van der Waals surface area contributed by atoms with Crippen LogP contribution in [0.25, 0.3) is 10.9 Å². The van der Waals surface area contributed by atoms with E-state index in [0.29, 0.717) is 46.2 Å². The number of rotatable bonds is 12. The third-order valence-corrected chi connectivity index (χ3v) is 9.44. The number of aliphatic hydroxyl groups excluding tert-OH is 1. The quantitative estimate of drug-likeness (QED) is 0.122. The molecule has 0 radical (unpaired) electrons. The Balaban J connectivity index is 0.948. The van der Waals surface area contributed by atoms with Crippen molar-refractivity contribution in [3.63, 3.8) is 0 Å². The number of phenols is 1. The summed E-state index contributed by atoms with van der Waals surface area (Å²) in [6, 6.07) is 26.8. The zero-order valence-electron chi connectivity index (χ0n) is 27.0. The minimum Gasteiger partial charge on any atom is -0.506 e. The lowest BCUT2D eigenvalue weighted by molar-refractivity contribution is -0.0336. The average molecular weight is 665 g/mol. The molecule has 0 aliphatic carbocycles. The zero-order chi connectivity index (χ0) is 33.7. The number of aromatic nitrogens is 1. The number of fused-ring (bicyclic) bond motifs is 4. The van der Waals surface area contributed by atoms with Crippen molar-refractivity contribution in [3.8, 4) is 11.5 Å². The first-order valence-electron chi connectivity index (χ1n) is 16.7. The molecular weight excluding hydrogens is 624 g/mol. The SMILES string of the molecule is O=C(N[C@@H](c1ccccc1)c1cccc(OCc2ccc(CNC[C@H](O)c3ccc(O)c4[nH]c(=O)ccc34)o2)c1)O[C@H]1CN2CCC1CC2. The van der Waals surface area contributed by atoms with Gasteiger partial charge in [-0.2, -0.15) is 0 Å². The van der Waals surface area contributed by atoms with Crippen LogP contribution in [0.2, 0.25) is 0 Å². The Bertz CT molecular complexity index is 1950. The van der Waals surface area contributed by atoms with Crippen molar-refractivity contribution >= 4 is 17.0 Å². The molecule has 5 heterocycles. The highest BCUT2D eigenvalue weighted by Gasteiger charge is 2.37. The van der Waals surface area contributed by atoms with Crippen LogP contribution in [0.4, 0.5) is 4.79 Å². The number of piperidine rings is 3. The number of nitrogens with zero attached hydrogens (tertiary/aromatic N) is 1. The molecular formula is C38H40N4O7. The van der Waals surface area contributed by atoms with Crippen LogP contribution in [0, 0.1) is 5.92 Å². The molecule has 3 atom stereocenters. The van der Waals surface area contributed by atoms with Gasteiger partial charge in [0, 0.05) is 24.5 Å². The van der Waals surface area contributed by atoms with Crippen molar-refractivity contribution in [3.05, 3.63) is 130 Å². The second-order valence-corrected chi connectivity index (χ2v) is 12.7. The summed E-state index contributed by atoms with van der Waals surface area (Å²) in [6.07, 6.45) is 0.755. The predicted octanol–water partition coefficient (Wildman–Crippen LogP) is 5.14. The van der Waals surface area contributed by atoms with Crippen molar-refractivity contribution in [1.82, 2.24) is 20.5 Å². The number of aromatic hydroxyl groups is 1. The Hall–Kier alpha value is -5.10. The number of aromatic amines is 1. The van der Waals surface area contributed by atoms with Crippen molar-refractivity contribution in [2.24, 2.45) is 5.92 Å². The summed E-state index contributed by atoms with van der Waals surface area (Å²) in [5.74, 6) is 2.31. The Morgan fingerprint density at radius 1 is 0.959 bits per heavy atom. The zero-order valence-corrected chi connectivity index (χ0v) is 27.0. The molecule has 3 aliphatic heterocycles. The number of H-pyrrole nitrogens is 1. The van der Waals surface area contributed by atoms with Gasteiger partial charge in [0.15, 0.2) is 0 Å². The highest BCUT2D eigenvalue weighted by Crippen LogP contribution is 2.31. The molecule has 3 aromatic carbocycles. The van der Waals surface area contributed by atoms with Crippen LogP contribution in [-0.4, -0.2) is 58.5 Å². The van der Waals surface area contributed by atoms with Crippen LogP contribution >= 0.6 is 0 Å². The maximum absolute atomic E-state index is 13.2. The van der Waals surface area contributed by atoms with E-state index < -0.39 is 18.2 Å². The van der Waals surface area contributed by atoms with Gasteiger partial charge in [0.2, 0.25) is 5.56 Å². The highest BCUT2D eigenvalue weighted by molar-refractivity contribution is 5.87. The number of ether oxygens (including phenoxy) is 2. The van der Waals surface area contributed by atoms with Crippen LogP contribution in [0.5, 0.6) is 11.5 Å². The van der Waals surface area contributed by atoms with Crippen molar-refractivity contribution < 1.29 is 28.9 Å². The van der Waals surface area contributed by atoms with Crippen LogP contribution in [0.15, 0.2) is 100 Å². The molecule has 5 aromatic rings. The molecule has 3 aliphatic rings. The van der Waals surface area contributed by atoms with Crippen LogP contribution in [0.3, 0.4) is 0 Å². The van der Waals surface area contributed by atoms with E-state index in [1.807, 2.05) is 66.7 Å². The van der Waals surface area contributed by atoms with E-state index in [1.165, 1.54) is 12.1 Å². The number of aliphatic hydroxyl groups is 1. The monoisotopic (exact) mass is 664 g/mol. The minimum atomic E-state index is -0.879. The van der Waals surface area contributed by atoms with Gasteiger partial charge in [0.25, 0.3) is 0 Å². The fraction of sp³-hybridized carbons (Fsp3) is 0.316. The van der Waals surface area contributed by atoms with E-state index in [9.17, 15) is 19.8 Å². The number of alkyl carbamates (subject to hydrolysis) is 1. The summed E-state index contributed by atoms with van der Waals surface area (Å²) in [5, 5.41) is 27.8. The third-order valence-electron chi connectivity index (χ3n) is 9.44. The molecule has 254 valence electrons. The molecule has 0 saturated carbocycles. The lowest BCUT2D eigenvalue weighted by Crippen LogP contribution is -2.52. The van der Waals surface area contributed by atoms with E-state index in [1.54, 1.807) is 12.1 Å². The Labute approximate surface area is 283 Å². The second kappa shape index (κ2) is 14.6. The molecule has 0 unspecified atom stereocenters. The Morgan fingerprint density at radius 2 is 1.76 bits per heavy atom. The summed E-state index contributed by atoms with van der Waals surface area (Å²) in [7, 11) is 0. The second-order valence-electron chi connectivity index (χ2n) is 12.7. The number of phenolic OH excluding ortho intramolecular Hbond substituents is 1. The molecule has 49 heavy (non-hydrogen) atoms. The number of pyridine rings is 1. The lowest BCUT2D eigenvalue weighted by atomic mass is 9.86. The number of hydrogen-bond donors (Lipinski definition) is 5. The van der Waals surface area contributed by atoms with Crippen molar-refractivity contribution in [2.45, 2.75) is 44.2 Å². The van der Waals surface area contributed by atoms with E-state index in [4.69, 9.17) is 13.9 Å². The molecule has 5 N–H and O–H groups in total. The van der Waals surface area contributed by atoms with Gasteiger partial charge in [0.05, 0.1) is 24.2 Å². The number of furan rings is 1. The molecule has 8 rings (SSSR count). The van der Waals surface area contributed by atoms with Crippen LogP contribution in [0.1, 0.15) is 53.2 Å². The van der Waals surface area contributed by atoms with Gasteiger partial charge in [-0.15, -0.1) is 0 Å². The fourth-order valence-corrected chi connectivity index (χ4v) is 6.86. The molecule has 1 amide bonds. The first-order chi connectivity index (χ1) is 23.9. The van der Waals surface area contributed by atoms with Crippen LogP contribution < -0.4 is 20.9 Å². The Kier molecular flexibility index (Phi) is 9.65. The Morgan fingerprint density at radius 3 is 2.55 bits per heavy atom. The first-order valence-corrected chi connectivity index (χ1v) is 16.7. The van der Waals surface area contributed by atoms with Gasteiger partial charge in [-0.3, -0.25) is 9.69 Å². The standard InChI is InChI=1S/C38H40N4O7/c43-32-13-11-30(31-12-14-35(45)40-37(31)32)33(44)21-39-20-28-9-10-29(48-28)23-47-27-8-4-7-26(19-27)36(25-5-2-1-3-6-25)41-38(46)49-34-22-42-17-15-24(34)16-18-42/h1-14,19,24,33-34,36,39,43-44H,15-18,20-23H2,(H,40,45)(H,41,46)/t33-,34-,36-/m0/s1. The topological polar surface area (TPSA) is 149 Å². The molecule has 3 fully saturated rings. The van der Waals surface area contributed by atoms with E-state index in [2.05, 4.69) is 20.5 Å². The molecule has 3 saturated heterocycles.